The van der Waals surface area contributed by atoms with Crippen molar-refractivity contribution in [3.63, 3.8) is 0 Å². The lowest BCUT2D eigenvalue weighted by Gasteiger charge is -2.02. The average molecular weight is 216 g/mol. The molecule has 1 aromatic heterocycles. The second kappa shape index (κ2) is 4.41. The topological polar surface area (TPSA) is 17.1 Å². The lowest BCUT2D eigenvalue weighted by molar-refractivity contribution is 0.112. The van der Waals surface area contributed by atoms with E-state index in [-0.39, 0.29) is 0 Å². The summed E-state index contributed by atoms with van der Waals surface area (Å²) in [5.74, 6) is 0. The fourth-order valence-corrected chi connectivity index (χ4v) is 2.29. The molecule has 0 spiro atoms. The molecule has 1 heterocycles. The maximum atomic E-state index is 10.5. The molecule has 0 N–H and O–H groups in total. The van der Waals surface area contributed by atoms with Crippen molar-refractivity contribution >= 4 is 17.6 Å². The van der Waals surface area contributed by atoms with E-state index in [0.29, 0.717) is 0 Å². The fraction of sp³-hybridized carbons (Fsp3) is 0.154. The number of thiophene rings is 1. The van der Waals surface area contributed by atoms with Crippen molar-refractivity contribution in [3.05, 3.63) is 57.3 Å². The number of rotatable bonds is 3. The minimum absolute atomic E-state index is 0.804. The molecule has 0 bridgehead atoms. The molecule has 2 rings (SSSR count). The Morgan fingerprint density at radius 2 is 2.13 bits per heavy atom. The Kier molecular flexibility index (Phi) is 2.97. The highest BCUT2D eigenvalue weighted by Crippen LogP contribution is 2.18. The van der Waals surface area contributed by atoms with Crippen molar-refractivity contribution in [2.75, 3.05) is 0 Å². The van der Waals surface area contributed by atoms with Gasteiger partial charge in [0.2, 0.25) is 0 Å². The van der Waals surface area contributed by atoms with Crippen molar-refractivity contribution in [2.24, 2.45) is 0 Å². The lowest BCUT2D eigenvalue weighted by Crippen LogP contribution is -1.89. The summed E-state index contributed by atoms with van der Waals surface area (Å²) in [6.45, 7) is 2.11. The first-order valence-electron chi connectivity index (χ1n) is 4.86. The van der Waals surface area contributed by atoms with E-state index in [1.165, 1.54) is 28.0 Å². The number of carbonyl (C=O) groups excluding carboxylic acids is 1. The minimum Gasteiger partial charge on any atom is -0.297 e. The maximum Gasteiger partial charge on any atom is 0.160 e. The molecular formula is C13H12OS. The zero-order chi connectivity index (χ0) is 10.7. The fourth-order valence-electron chi connectivity index (χ4n) is 1.58. The lowest BCUT2D eigenvalue weighted by atomic mass is 10.0. The van der Waals surface area contributed by atoms with Crippen LogP contribution < -0.4 is 0 Å². The number of carbonyl (C=O) groups is 1. The van der Waals surface area contributed by atoms with Gasteiger partial charge in [0.1, 0.15) is 0 Å². The van der Waals surface area contributed by atoms with E-state index in [9.17, 15) is 4.79 Å². The van der Waals surface area contributed by atoms with Crippen molar-refractivity contribution in [1.29, 1.82) is 0 Å². The second-order valence-electron chi connectivity index (χ2n) is 3.58. The molecule has 0 fully saturated rings. The Bertz CT molecular complexity index is 471. The molecular weight excluding hydrogens is 204 g/mol. The monoisotopic (exact) mass is 216 g/mol. The van der Waals surface area contributed by atoms with Gasteiger partial charge in [0.15, 0.2) is 6.29 Å². The molecule has 1 nitrogen and oxygen atoms in total. The van der Waals surface area contributed by atoms with E-state index in [1.807, 2.05) is 12.1 Å². The first-order valence-corrected chi connectivity index (χ1v) is 5.74. The molecule has 2 heteroatoms. The third-order valence-corrected chi connectivity index (χ3v) is 3.35. The highest BCUT2D eigenvalue weighted by molar-refractivity contribution is 7.11. The summed E-state index contributed by atoms with van der Waals surface area (Å²) in [4.78, 5) is 11.4. The van der Waals surface area contributed by atoms with Crippen LogP contribution in [0.2, 0.25) is 0 Å². The highest BCUT2D eigenvalue weighted by atomic mass is 32.1. The first kappa shape index (κ1) is 10.1. The Labute approximate surface area is 93.4 Å². The van der Waals surface area contributed by atoms with Gasteiger partial charge in [0.05, 0.1) is 4.88 Å². The molecule has 76 valence electrons. The molecule has 0 amide bonds. The predicted molar refractivity (Wildman–Crippen MR) is 63.7 cm³/mol. The van der Waals surface area contributed by atoms with Gasteiger partial charge in [0, 0.05) is 0 Å². The molecule has 0 aliphatic carbocycles. The van der Waals surface area contributed by atoms with Gasteiger partial charge in [0.25, 0.3) is 0 Å². The van der Waals surface area contributed by atoms with Gasteiger partial charge >= 0.3 is 0 Å². The molecule has 0 aliphatic rings. The quantitative estimate of drug-likeness (QED) is 0.718. The average Bonchev–Trinajstić information content (AvgIpc) is 2.69. The standard InChI is InChI=1S/C13H12OS/c1-10-4-2-3-5-12(10)6-11-7-13(8-14)15-9-11/h2-5,7-9H,6H2,1H3. The van der Waals surface area contributed by atoms with Crippen LogP contribution in [0, 0.1) is 6.92 Å². The van der Waals surface area contributed by atoms with Crippen LogP contribution in [0.25, 0.3) is 0 Å². The van der Waals surface area contributed by atoms with E-state index in [2.05, 4.69) is 30.5 Å². The maximum absolute atomic E-state index is 10.5. The molecule has 0 saturated heterocycles. The van der Waals surface area contributed by atoms with Gasteiger partial charge in [-0.25, -0.2) is 0 Å². The molecule has 15 heavy (non-hydrogen) atoms. The summed E-state index contributed by atoms with van der Waals surface area (Å²) >= 11 is 1.51. The van der Waals surface area contributed by atoms with E-state index in [0.717, 1.165) is 17.6 Å². The third-order valence-electron chi connectivity index (χ3n) is 2.45. The number of aldehydes is 1. The molecule has 0 aliphatic heterocycles. The molecule has 2 aromatic rings. The summed E-state index contributed by atoms with van der Waals surface area (Å²) in [6, 6.07) is 10.3. The van der Waals surface area contributed by atoms with Gasteiger partial charge in [-0.2, -0.15) is 0 Å². The zero-order valence-electron chi connectivity index (χ0n) is 8.57. The van der Waals surface area contributed by atoms with E-state index in [4.69, 9.17) is 0 Å². The van der Waals surface area contributed by atoms with Gasteiger partial charge in [-0.05, 0) is 41.5 Å². The summed E-state index contributed by atoms with van der Waals surface area (Å²) in [7, 11) is 0. The van der Waals surface area contributed by atoms with E-state index >= 15 is 0 Å². The summed E-state index contributed by atoms with van der Waals surface area (Å²) < 4.78 is 0. The molecule has 1 aromatic carbocycles. The van der Waals surface area contributed by atoms with Gasteiger partial charge in [-0.1, -0.05) is 24.3 Å². The SMILES string of the molecule is Cc1ccccc1Cc1csc(C=O)c1. The minimum atomic E-state index is 0.804. The zero-order valence-corrected chi connectivity index (χ0v) is 9.38. The van der Waals surface area contributed by atoms with Crippen LogP contribution in [0.3, 0.4) is 0 Å². The van der Waals surface area contributed by atoms with E-state index in [1.54, 1.807) is 0 Å². The van der Waals surface area contributed by atoms with Crippen LogP contribution in [-0.2, 0) is 6.42 Å². The van der Waals surface area contributed by atoms with Crippen LogP contribution in [0.4, 0.5) is 0 Å². The predicted octanol–water partition coefficient (Wildman–Crippen LogP) is 3.46. The summed E-state index contributed by atoms with van der Waals surface area (Å²) in [5.41, 5.74) is 3.85. The molecule has 0 radical (unpaired) electrons. The highest BCUT2D eigenvalue weighted by Gasteiger charge is 2.02. The third kappa shape index (κ3) is 2.34. The van der Waals surface area contributed by atoms with Gasteiger partial charge in [-0.3, -0.25) is 4.79 Å². The largest absolute Gasteiger partial charge is 0.297 e. The normalized spacial score (nSPS) is 10.2. The van der Waals surface area contributed by atoms with Gasteiger partial charge < -0.3 is 0 Å². The van der Waals surface area contributed by atoms with Crippen LogP contribution in [0.5, 0.6) is 0 Å². The van der Waals surface area contributed by atoms with Crippen LogP contribution in [0.15, 0.2) is 35.7 Å². The van der Waals surface area contributed by atoms with Crippen molar-refractivity contribution < 1.29 is 4.79 Å². The Hall–Kier alpha value is -1.41. The molecule has 0 saturated carbocycles. The summed E-state index contributed by atoms with van der Waals surface area (Å²) in [5, 5.41) is 2.05. The van der Waals surface area contributed by atoms with Crippen LogP contribution >= 0.6 is 11.3 Å². The molecule has 0 atom stereocenters. The van der Waals surface area contributed by atoms with Crippen molar-refractivity contribution in [2.45, 2.75) is 13.3 Å². The van der Waals surface area contributed by atoms with Gasteiger partial charge in [-0.15, -0.1) is 11.3 Å². The second-order valence-corrected chi connectivity index (χ2v) is 4.52. The Morgan fingerprint density at radius 1 is 1.33 bits per heavy atom. The molecule has 0 unspecified atom stereocenters. The van der Waals surface area contributed by atoms with Crippen LogP contribution in [-0.4, -0.2) is 6.29 Å². The Morgan fingerprint density at radius 3 is 2.80 bits per heavy atom. The smallest absolute Gasteiger partial charge is 0.160 e. The number of hydrogen-bond acceptors (Lipinski definition) is 2. The number of hydrogen-bond donors (Lipinski definition) is 0. The first-order chi connectivity index (χ1) is 7.29. The van der Waals surface area contributed by atoms with E-state index < -0.39 is 0 Å². The number of benzene rings is 1. The van der Waals surface area contributed by atoms with Crippen molar-refractivity contribution in [1.82, 2.24) is 0 Å². The Balaban J connectivity index is 2.22. The van der Waals surface area contributed by atoms with Crippen molar-refractivity contribution in [3.8, 4) is 0 Å². The summed E-state index contributed by atoms with van der Waals surface area (Å²) in [6.07, 6.45) is 1.82. The number of aryl methyl sites for hydroxylation is 1. The van der Waals surface area contributed by atoms with Crippen LogP contribution in [0.1, 0.15) is 26.4 Å².